The Bertz CT molecular complexity index is 628. The molecule has 0 atom stereocenters. The minimum atomic E-state index is -0.0440. The third-order valence-electron chi connectivity index (χ3n) is 3.22. The van der Waals surface area contributed by atoms with Crippen LogP contribution >= 0.6 is 38.9 Å². The SMILES string of the molecule is O=C(c1cc(Br)cnc1Cl)N(Cc1ccsc1)C1CC1. The van der Waals surface area contributed by atoms with E-state index in [1.807, 2.05) is 16.3 Å². The summed E-state index contributed by atoms with van der Waals surface area (Å²) >= 11 is 11.0. The van der Waals surface area contributed by atoms with Crippen molar-refractivity contribution >= 4 is 44.8 Å². The monoisotopic (exact) mass is 370 g/mol. The molecular weight excluding hydrogens is 360 g/mol. The zero-order valence-electron chi connectivity index (χ0n) is 10.6. The lowest BCUT2D eigenvalue weighted by atomic mass is 10.2. The fourth-order valence-corrected chi connectivity index (χ4v) is 3.23. The molecule has 3 rings (SSSR count). The molecular formula is C14H12BrClN2OS. The lowest BCUT2D eigenvalue weighted by molar-refractivity contribution is 0.0730. The number of pyridine rings is 1. The van der Waals surface area contributed by atoms with Gasteiger partial charge in [0.1, 0.15) is 5.15 Å². The van der Waals surface area contributed by atoms with Gasteiger partial charge >= 0.3 is 0 Å². The number of nitrogens with zero attached hydrogens (tertiary/aromatic N) is 2. The summed E-state index contributed by atoms with van der Waals surface area (Å²) in [6.45, 7) is 0.635. The van der Waals surface area contributed by atoms with Crippen molar-refractivity contribution in [1.29, 1.82) is 0 Å². The number of rotatable bonds is 4. The van der Waals surface area contributed by atoms with E-state index in [0.29, 0.717) is 18.2 Å². The van der Waals surface area contributed by atoms with Gasteiger partial charge in [0.2, 0.25) is 0 Å². The van der Waals surface area contributed by atoms with Crippen molar-refractivity contribution in [3.8, 4) is 0 Å². The average Bonchev–Trinajstić information content (AvgIpc) is 3.15. The summed E-state index contributed by atoms with van der Waals surface area (Å²) in [5.74, 6) is -0.0440. The molecule has 2 aromatic rings. The highest BCUT2D eigenvalue weighted by Crippen LogP contribution is 2.31. The van der Waals surface area contributed by atoms with Crippen molar-refractivity contribution in [2.24, 2.45) is 0 Å². The highest BCUT2D eigenvalue weighted by molar-refractivity contribution is 9.10. The van der Waals surface area contributed by atoms with Gasteiger partial charge in [-0.05, 0) is 57.2 Å². The van der Waals surface area contributed by atoms with Gasteiger partial charge in [-0.15, -0.1) is 0 Å². The minimum absolute atomic E-state index is 0.0440. The zero-order chi connectivity index (χ0) is 14.1. The molecule has 0 aliphatic heterocycles. The van der Waals surface area contributed by atoms with Gasteiger partial charge in [-0.1, -0.05) is 11.6 Å². The van der Waals surface area contributed by atoms with E-state index < -0.39 is 0 Å². The molecule has 1 amide bonds. The lowest BCUT2D eigenvalue weighted by Crippen LogP contribution is -2.32. The summed E-state index contributed by atoms with van der Waals surface area (Å²) in [7, 11) is 0. The van der Waals surface area contributed by atoms with Crippen LogP contribution in [-0.2, 0) is 6.54 Å². The maximum absolute atomic E-state index is 12.7. The Morgan fingerprint density at radius 3 is 3.00 bits per heavy atom. The molecule has 0 bridgehead atoms. The Morgan fingerprint density at radius 2 is 2.35 bits per heavy atom. The summed E-state index contributed by atoms with van der Waals surface area (Å²) < 4.78 is 0.761. The van der Waals surface area contributed by atoms with Crippen LogP contribution in [0.2, 0.25) is 5.15 Å². The Hall–Kier alpha value is -0.910. The second-order valence-corrected chi connectivity index (χ2v) is 6.84. The van der Waals surface area contributed by atoms with E-state index in [1.54, 1.807) is 23.6 Å². The van der Waals surface area contributed by atoms with E-state index in [1.165, 1.54) is 0 Å². The number of aromatic nitrogens is 1. The third kappa shape index (κ3) is 3.05. The normalized spacial score (nSPS) is 14.3. The molecule has 0 N–H and O–H groups in total. The molecule has 3 nitrogen and oxygen atoms in total. The van der Waals surface area contributed by atoms with Crippen LogP contribution in [0, 0.1) is 0 Å². The van der Waals surface area contributed by atoms with Crippen LogP contribution in [0.15, 0.2) is 33.6 Å². The van der Waals surface area contributed by atoms with Crippen molar-refractivity contribution in [1.82, 2.24) is 9.88 Å². The van der Waals surface area contributed by atoms with Gasteiger partial charge in [0.05, 0.1) is 5.56 Å². The van der Waals surface area contributed by atoms with Gasteiger partial charge in [-0.2, -0.15) is 11.3 Å². The smallest absolute Gasteiger partial charge is 0.257 e. The maximum atomic E-state index is 12.7. The predicted molar refractivity (Wildman–Crippen MR) is 84.2 cm³/mol. The number of thiophene rings is 1. The Morgan fingerprint density at radius 1 is 1.55 bits per heavy atom. The van der Waals surface area contributed by atoms with E-state index in [9.17, 15) is 4.79 Å². The van der Waals surface area contributed by atoms with E-state index in [2.05, 4.69) is 26.3 Å². The van der Waals surface area contributed by atoms with E-state index >= 15 is 0 Å². The molecule has 1 saturated carbocycles. The topological polar surface area (TPSA) is 33.2 Å². The lowest BCUT2D eigenvalue weighted by Gasteiger charge is -2.22. The fraction of sp³-hybridized carbons (Fsp3) is 0.286. The minimum Gasteiger partial charge on any atom is -0.331 e. The van der Waals surface area contributed by atoms with Crippen molar-refractivity contribution in [2.75, 3.05) is 0 Å². The van der Waals surface area contributed by atoms with Gasteiger partial charge in [0.25, 0.3) is 5.91 Å². The predicted octanol–water partition coefficient (Wildman–Crippen LogP) is 4.36. The van der Waals surface area contributed by atoms with Crippen molar-refractivity contribution in [3.05, 3.63) is 49.8 Å². The standard InChI is InChI=1S/C14H12BrClN2OS/c15-10-5-12(13(16)17-6-10)14(19)18(11-1-2-11)7-9-3-4-20-8-9/h3-6,8,11H,1-2,7H2. The highest BCUT2D eigenvalue weighted by atomic mass is 79.9. The molecule has 0 radical (unpaired) electrons. The molecule has 0 aromatic carbocycles. The number of hydrogen-bond acceptors (Lipinski definition) is 3. The average molecular weight is 372 g/mol. The van der Waals surface area contributed by atoms with Crippen LogP contribution < -0.4 is 0 Å². The largest absolute Gasteiger partial charge is 0.331 e. The Balaban J connectivity index is 1.87. The van der Waals surface area contributed by atoms with Crippen LogP contribution in [0.25, 0.3) is 0 Å². The first-order chi connectivity index (χ1) is 9.65. The van der Waals surface area contributed by atoms with Crippen LogP contribution in [0.5, 0.6) is 0 Å². The molecule has 104 valence electrons. The first-order valence-corrected chi connectivity index (χ1v) is 8.39. The van der Waals surface area contributed by atoms with Crippen LogP contribution in [0.3, 0.4) is 0 Å². The maximum Gasteiger partial charge on any atom is 0.257 e. The molecule has 1 fully saturated rings. The molecule has 20 heavy (non-hydrogen) atoms. The second kappa shape index (κ2) is 5.84. The number of amides is 1. The van der Waals surface area contributed by atoms with E-state index in [4.69, 9.17) is 11.6 Å². The van der Waals surface area contributed by atoms with Crippen molar-refractivity contribution in [2.45, 2.75) is 25.4 Å². The molecule has 0 spiro atoms. The zero-order valence-corrected chi connectivity index (χ0v) is 13.7. The quantitative estimate of drug-likeness (QED) is 0.748. The number of carbonyl (C=O) groups is 1. The Labute approximate surface area is 134 Å². The molecule has 0 saturated heterocycles. The van der Waals surface area contributed by atoms with Gasteiger partial charge in [0.15, 0.2) is 0 Å². The summed E-state index contributed by atoms with van der Waals surface area (Å²) in [4.78, 5) is 18.6. The number of carbonyl (C=O) groups excluding carboxylic acids is 1. The van der Waals surface area contributed by atoms with Crippen LogP contribution in [0.1, 0.15) is 28.8 Å². The van der Waals surface area contributed by atoms with Crippen LogP contribution in [0.4, 0.5) is 0 Å². The van der Waals surface area contributed by atoms with Crippen molar-refractivity contribution in [3.63, 3.8) is 0 Å². The Kier molecular flexibility index (Phi) is 4.10. The fourth-order valence-electron chi connectivity index (χ4n) is 2.06. The molecule has 6 heteroatoms. The van der Waals surface area contributed by atoms with Gasteiger partial charge < -0.3 is 4.90 Å². The molecule has 2 aromatic heterocycles. The van der Waals surface area contributed by atoms with Gasteiger partial charge in [-0.25, -0.2) is 4.98 Å². The van der Waals surface area contributed by atoms with Gasteiger partial charge in [0, 0.05) is 23.3 Å². The molecule has 0 unspecified atom stereocenters. The highest BCUT2D eigenvalue weighted by Gasteiger charge is 2.34. The summed E-state index contributed by atoms with van der Waals surface area (Å²) in [6.07, 6.45) is 3.73. The molecule has 2 heterocycles. The van der Waals surface area contributed by atoms with Crippen LogP contribution in [-0.4, -0.2) is 21.8 Å². The summed E-state index contributed by atoms with van der Waals surface area (Å²) in [5.41, 5.74) is 1.62. The van der Waals surface area contributed by atoms with Crippen molar-refractivity contribution < 1.29 is 4.79 Å². The first kappa shape index (κ1) is 14.0. The first-order valence-electron chi connectivity index (χ1n) is 6.28. The number of hydrogen-bond donors (Lipinski definition) is 0. The number of halogens is 2. The van der Waals surface area contributed by atoms with E-state index in [-0.39, 0.29) is 11.1 Å². The summed E-state index contributed by atoms with van der Waals surface area (Å²) in [6, 6.07) is 4.12. The van der Waals surface area contributed by atoms with E-state index in [0.717, 1.165) is 22.9 Å². The molecule has 1 aliphatic carbocycles. The summed E-state index contributed by atoms with van der Waals surface area (Å²) in [5, 5.41) is 4.36. The molecule has 1 aliphatic rings. The second-order valence-electron chi connectivity index (χ2n) is 4.79. The van der Waals surface area contributed by atoms with Gasteiger partial charge in [-0.3, -0.25) is 4.79 Å². The third-order valence-corrected chi connectivity index (χ3v) is 4.68.